The smallest absolute Gasteiger partial charge is 0.186 e. The molecular weight excluding hydrogens is 240 g/mol. The lowest BCUT2D eigenvalue weighted by molar-refractivity contribution is -0.128. The number of carbonyl (C=O) groups excluding carboxylic acids is 1. The van der Waals surface area contributed by atoms with Crippen LogP contribution in [0.4, 0.5) is 0 Å². The van der Waals surface area contributed by atoms with Crippen molar-refractivity contribution in [2.24, 2.45) is 0 Å². The molecule has 0 aliphatic carbocycles. The standard InChI is InChI=1S/C16H16O3/c1-12(17)16(19-14-10-6-3-7-11-14)15(18)13-8-4-2-5-9-13/h2-11,15-16,18H,1H3/t15-,16?/m0/s1. The van der Waals surface area contributed by atoms with E-state index in [0.29, 0.717) is 11.3 Å². The van der Waals surface area contributed by atoms with Crippen molar-refractivity contribution < 1.29 is 14.6 Å². The van der Waals surface area contributed by atoms with Crippen LogP contribution in [0.2, 0.25) is 0 Å². The van der Waals surface area contributed by atoms with Crippen LogP contribution >= 0.6 is 0 Å². The average Bonchev–Trinajstić information content (AvgIpc) is 2.46. The van der Waals surface area contributed by atoms with Crippen LogP contribution in [0.5, 0.6) is 5.75 Å². The van der Waals surface area contributed by atoms with E-state index in [1.165, 1.54) is 6.92 Å². The lowest BCUT2D eigenvalue weighted by atomic mass is 10.0. The molecule has 0 spiro atoms. The Morgan fingerprint density at radius 3 is 2.05 bits per heavy atom. The number of para-hydroxylation sites is 1. The highest BCUT2D eigenvalue weighted by molar-refractivity contribution is 5.81. The van der Waals surface area contributed by atoms with E-state index in [1.807, 2.05) is 36.4 Å². The number of ketones is 1. The molecule has 1 unspecified atom stereocenters. The number of carbonyl (C=O) groups is 1. The summed E-state index contributed by atoms with van der Waals surface area (Å²) in [6, 6.07) is 18.1. The van der Waals surface area contributed by atoms with E-state index in [9.17, 15) is 9.90 Å². The first-order valence-corrected chi connectivity index (χ1v) is 6.13. The first-order chi connectivity index (χ1) is 9.18. The maximum atomic E-state index is 11.7. The highest BCUT2D eigenvalue weighted by Crippen LogP contribution is 2.22. The van der Waals surface area contributed by atoms with Gasteiger partial charge in [0.2, 0.25) is 0 Å². The SMILES string of the molecule is CC(=O)C(Oc1ccccc1)[C@@H](O)c1ccccc1. The van der Waals surface area contributed by atoms with E-state index < -0.39 is 12.2 Å². The molecule has 0 radical (unpaired) electrons. The molecule has 0 aliphatic heterocycles. The van der Waals surface area contributed by atoms with Crippen LogP contribution < -0.4 is 4.74 Å². The first kappa shape index (κ1) is 13.3. The van der Waals surface area contributed by atoms with Crippen molar-refractivity contribution in [3.8, 4) is 5.75 Å². The Morgan fingerprint density at radius 1 is 1.00 bits per heavy atom. The Hall–Kier alpha value is -2.13. The summed E-state index contributed by atoms with van der Waals surface area (Å²) in [7, 11) is 0. The van der Waals surface area contributed by atoms with Gasteiger partial charge in [-0.25, -0.2) is 0 Å². The second kappa shape index (κ2) is 6.16. The van der Waals surface area contributed by atoms with Crippen molar-refractivity contribution in [2.45, 2.75) is 19.1 Å². The second-order valence-corrected chi connectivity index (χ2v) is 4.32. The Balaban J connectivity index is 2.19. The van der Waals surface area contributed by atoms with Crippen LogP contribution in [-0.2, 0) is 4.79 Å². The van der Waals surface area contributed by atoms with Gasteiger partial charge < -0.3 is 9.84 Å². The summed E-state index contributed by atoms with van der Waals surface area (Å²) < 4.78 is 5.59. The molecule has 0 aliphatic rings. The third-order valence-electron chi connectivity index (χ3n) is 2.83. The van der Waals surface area contributed by atoms with E-state index in [0.717, 1.165) is 0 Å². The zero-order chi connectivity index (χ0) is 13.7. The number of Topliss-reactive ketones (excluding diaryl/α,β-unsaturated/α-hetero) is 1. The first-order valence-electron chi connectivity index (χ1n) is 6.13. The highest BCUT2D eigenvalue weighted by atomic mass is 16.5. The Kier molecular flexibility index (Phi) is 4.31. The number of hydrogen-bond donors (Lipinski definition) is 1. The lowest BCUT2D eigenvalue weighted by Crippen LogP contribution is -2.32. The number of hydrogen-bond acceptors (Lipinski definition) is 3. The number of rotatable bonds is 5. The van der Waals surface area contributed by atoms with Crippen molar-refractivity contribution >= 4 is 5.78 Å². The van der Waals surface area contributed by atoms with Crippen molar-refractivity contribution in [3.05, 3.63) is 66.2 Å². The zero-order valence-electron chi connectivity index (χ0n) is 10.7. The van der Waals surface area contributed by atoms with Crippen molar-refractivity contribution in [1.82, 2.24) is 0 Å². The molecule has 0 fully saturated rings. The van der Waals surface area contributed by atoms with Gasteiger partial charge in [-0.1, -0.05) is 48.5 Å². The molecule has 0 bridgehead atoms. The minimum atomic E-state index is -0.973. The number of ether oxygens (including phenoxy) is 1. The molecule has 0 amide bonds. The van der Waals surface area contributed by atoms with Gasteiger partial charge in [0.25, 0.3) is 0 Å². The summed E-state index contributed by atoms with van der Waals surface area (Å²) in [4.78, 5) is 11.7. The molecule has 19 heavy (non-hydrogen) atoms. The van der Waals surface area contributed by atoms with Gasteiger partial charge in [-0.05, 0) is 24.6 Å². The molecule has 0 aromatic heterocycles. The summed E-state index contributed by atoms with van der Waals surface area (Å²) in [5, 5.41) is 10.3. The molecule has 0 saturated carbocycles. The van der Waals surface area contributed by atoms with Crippen molar-refractivity contribution in [3.63, 3.8) is 0 Å². The Labute approximate surface area is 112 Å². The zero-order valence-corrected chi connectivity index (χ0v) is 10.7. The second-order valence-electron chi connectivity index (χ2n) is 4.32. The van der Waals surface area contributed by atoms with Gasteiger partial charge in [0, 0.05) is 0 Å². The summed E-state index contributed by atoms with van der Waals surface area (Å²) in [5.74, 6) is 0.359. The minimum absolute atomic E-state index is 0.208. The lowest BCUT2D eigenvalue weighted by Gasteiger charge is -2.22. The van der Waals surface area contributed by atoms with Crippen LogP contribution in [0.1, 0.15) is 18.6 Å². The van der Waals surface area contributed by atoms with Gasteiger partial charge in [-0.15, -0.1) is 0 Å². The third-order valence-corrected chi connectivity index (χ3v) is 2.83. The van der Waals surface area contributed by atoms with E-state index in [-0.39, 0.29) is 5.78 Å². The van der Waals surface area contributed by atoms with Crippen LogP contribution in [0.25, 0.3) is 0 Å². The van der Waals surface area contributed by atoms with Crippen molar-refractivity contribution in [2.75, 3.05) is 0 Å². The Morgan fingerprint density at radius 2 is 1.53 bits per heavy atom. The van der Waals surface area contributed by atoms with E-state index >= 15 is 0 Å². The third kappa shape index (κ3) is 3.42. The van der Waals surface area contributed by atoms with Crippen LogP contribution in [0.3, 0.4) is 0 Å². The molecule has 0 heterocycles. The predicted octanol–water partition coefficient (Wildman–Crippen LogP) is 2.76. The summed E-state index contributed by atoms with van der Waals surface area (Å²) in [5.41, 5.74) is 0.665. The van der Waals surface area contributed by atoms with Crippen molar-refractivity contribution in [1.29, 1.82) is 0 Å². The minimum Gasteiger partial charge on any atom is -0.480 e. The maximum absolute atomic E-state index is 11.7. The van der Waals surface area contributed by atoms with Gasteiger partial charge in [0.1, 0.15) is 11.9 Å². The fourth-order valence-electron chi connectivity index (χ4n) is 1.84. The molecule has 1 N–H and O–H groups in total. The molecule has 2 rings (SSSR count). The van der Waals surface area contributed by atoms with E-state index in [4.69, 9.17) is 4.74 Å². The molecule has 2 aromatic carbocycles. The van der Waals surface area contributed by atoms with Gasteiger partial charge in [0.05, 0.1) is 0 Å². The number of aliphatic hydroxyl groups is 1. The van der Waals surface area contributed by atoms with Gasteiger partial charge in [0.15, 0.2) is 11.9 Å². The number of benzene rings is 2. The molecule has 98 valence electrons. The normalized spacial score (nSPS) is 13.6. The molecule has 0 saturated heterocycles. The van der Waals surface area contributed by atoms with Crippen LogP contribution in [0, 0.1) is 0 Å². The summed E-state index contributed by atoms with van der Waals surface area (Å²) in [6.45, 7) is 1.42. The molecular formula is C16H16O3. The fraction of sp³-hybridized carbons (Fsp3) is 0.188. The fourth-order valence-corrected chi connectivity index (χ4v) is 1.84. The van der Waals surface area contributed by atoms with E-state index in [2.05, 4.69) is 0 Å². The van der Waals surface area contributed by atoms with E-state index in [1.54, 1.807) is 24.3 Å². The van der Waals surface area contributed by atoms with Crippen LogP contribution in [0.15, 0.2) is 60.7 Å². The Bertz CT molecular complexity index is 522. The molecule has 2 aromatic rings. The summed E-state index contributed by atoms with van der Waals surface area (Å²) in [6.07, 6.45) is -1.87. The van der Waals surface area contributed by atoms with Gasteiger partial charge in [-0.3, -0.25) is 4.79 Å². The summed E-state index contributed by atoms with van der Waals surface area (Å²) >= 11 is 0. The quantitative estimate of drug-likeness (QED) is 0.894. The molecule has 2 atom stereocenters. The monoisotopic (exact) mass is 256 g/mol. The largest absolute Gasteiger partial charge is 0.480 e. The van der Waals surface area contributed by atoms with Crippen LogP contribution in [-0.4, -0.2) is 17.0 Å². The molecule has 3 heteroatoms. The number of aliphatic hydroxyl groups excluding tert-OH is 1. The van der Waals surface area contributed by atoms with Gasteiger partial charge in [-0.2, -0.15) is 0 Å². The molecule has 3 nitrogen and oxygen atoms in total. The topological polar surface area (TPSA) is 46.5 Å². The average molecular weight is 256 g/mol. The van der Waals surface area contributed by atoms with Gasteiger partial charge >= 0.3 is 0 Å². The maximum Gasteiger partial charge on any atom is 0.186 e. The highest BCUT2D eigenvalue weighted by Gasteiger charge is 2.27. The predicted molar refractivity (Wildman–Crippen MR) is 72.9 cm³/mol.